The zero-order valence-corrected chi connectivity index (χ0v) is 13.7. The molecule has 2 aromatic rings. The third-order valence-corrected chi connectivity index (χ3v) is 4.79. The first-order valence-electron chi connectivity index (χ1n) is 6.67. The van der Waals surface area contributed by atoms with E-state index in [9.17, 15) is 18.5 Å². The standard InChI is InChI=1S/C15H16N2O5S/c1-10-9-12(7-8-15(10)22-3)23(20,21)16-13-5-4-6-14(11(13)2)17(18)19/h4-9,16H,1-3H3. The summed E-state index contributed by atoms with van der Waals surface area (Å²) in [4.78, 5) is 10.4. The molecule has 0 radical (unpaired) electrons. The lowest BCUT2D eigenvalue weighted by atomic mass is 10.2. The highest BCUT2D eigenvalue weighted by Gasteiger charge is 2.20. The fraction of sp³-hybridized carbons (Fsp3) is 0.200. The van der Waals surface area contributed by atoms with Crippen molar-refractivity contribution in [3.8, 4) is 5.75 Å². The normalized spacial score (nSPS) is 11.1. The van der Waals surface area contributed by atoms with E-state index < -0.39 is 14.9 Å². The van der Waals surface area contributed by atoms with Gasteiger partial charge in [0, 0.05) is 6.07 Å². The maximum Gasteiger partial charge on any atom is 0.274 e. The molecule has 0 saturated carbocycles. The van der Waals surface area contributed by atoms with Gasteiger partial charge in [-0.3, -0.25) is 14.8 Å². The largest absolute Gasteiger partial charge is 0.496 e. The van der Waals surface area contributed by atoms with Gasteiger partial charge in [-0.2, -0.15) is 0 Å². The van der Waals surface area contributed by atoms with Crippen molar-refractivity contribution < 1.29 is 18.1 Å². The molecule has 2 aromatic carbocycles. The van der Waals surface area contributed by atoms with Gasteiger partial charge in [0.15, 0.2) is 0 Å². The number of sulfonamides is 1. The van der Waals surface area contributed by atoms with Crippen LogP contribution < -0.4 is 9.46 Å². The smallest absolute Gasteiger partial charge is 0.274 e. The fourth-order valence-electron chi connectivity index (χ4n) is 2.15. The number of anilines is 1. The highest BCUT2D eigenvalue weighted by atomic mass is 32.2. The van der Waals surface area contributed by atoms with Gasteiger partial charge in [-0.15, -0.1) is 0 Å². The first-order chi connectivity index (χ1) is 10.8. The average molecular weight is 336 g/mol. The van der Waals surface area contributed by atoms with Crippen molar-refractivity contribution in [1.29, 1.82) is 0 Å². The van der Waals surface area contributed by atoms with E-state index in [4.69, 9.17) is 4.74 Å². The molecule has 8 heteroatoms. The second-order valence-electron chi connectivity index (χ2n) is 4.94. The number of nitrogens with zero attached hydrogens (tertiary/aromatic N) is 1. The molecule has 0 aliphatic carbocycles. The molecule has 0 aromatic heterocycles. The van der Waals surface area contributed by atoms with E-state index in [1.807, 2.05) is 0 Å². The zero-order chi connectivity index (χ0) is 17.2. The summed E-state index contributed by atoms with van der Waals surface area (Å²) in [6.45, 7) is 3.23. The molecule has 0 bridgehead atoms. The van der Waals surface area contributed by atoms with Crippen molar-refractivity contribution in [3.05, 3.63) is 57.6 Å². The van der Waals surface area contributed by atoms with E-state index in [2.05, 4.69) is 4.72 Å². The summed E-state index contributed by atoms with van der Waals surface area (Å²) < 4.78 is 32.4. The summed E-state index contributed by atoms with van der Waals surface area (Å²) in [5.41, 5.74) is 0.959. The summed E-state index contributed by atoms with van der Waals surface area (Å²) >= 11 is 0. The average Bonchev–Trinajstić information content (AvgIpc) is 2.48. The van der Waals surface area contributed by atoms with E-state index in [0.717, 1.165) is 0 Å². The number of aryl methyl sites for hydroxylation is 1. The summed E-state index contributed by atoms with van der Waals surface area (Å²) in [6.07, 6.45) is 0. The third kappa shape index (κ3) is 3.42. The molecule has 0 saturated heterocycles. The Balaban J connectivity index is 2.41. The van der Waals surface area contributed by atoms with Crippen LogP contribution in [0.5, 0.6) is 5.75 Å². The van der Waals surface area contributed by atoms with Gasteiger partial charge >= 0.3 is 0 Å². The van der Waals surface area contributed by atoms with E-state index in [1.54, 1.807) is 13.0 Å². The second kappa shape index (κ2) is 6.25. The number of rotatable bonds is 5. The van der Waals surface area contributed by atoms with Crippen molar-refractivity contribution in [1.82, 2.24) is 0 Å². The first-order valence-corrected chi connectivity index (χ1v) is 8.16. The lowest BCUT2D eigenvalue weighted by Gasteiger charge is -2.12. The number of hydrogen-bond donors (Lipinski definition) is 1. The van der Waals surface area contributed by atoms with Crippen molar-refractivity contribution in [2.24, 2.45) is 0 Å². The minimum atomic E-state index is -3.85. The van der Waals surface area contributed by atoms with Crippen molar-refractivity contribution in [2.75, 3.05) is 11.8 Å². The van der Waals surface area contributed by atoms with Crippen LogP contribution in [0.2, 0.25) is 0 Å². The van der Waals surface area contributed by atoms with E-state index in [-0.39, 0.29) is 21.8 Å². The van der Waals surface area contributed by atoms with Crippen molar-refractivity contribution >= 4 is 21.4 Å². The fourth-order valence-corrected chi connectivity index (χ4v) is 3.36. The molecule has 2 rings (SSSR count). The highest BCUT2D eigenvalue weighted by Crippen LogP contribution is 2.28. The maximum atomic E-state index is 12.5. The number of methoxy groups -OCH3 is 1. The second-order valence-corrected chi connectivity index (χ2v) is 6.63. The molecule has 0 amide bonds. The molecule has 0 atom stereocenters. The highest BCUT2D eigenvalue weighted by molar-refractivity contribution is 7.92. The van der Waals surface area contributed by atoms with Crippen molar-refractivity contribution in [3.63, 3.8) is 0 Å². The Kier molecular flexibility index (Phi) is 4.55. The SMILES string of the molecule is COc1ccc(S(=O)(=O)Nc2cccc([N+](=O)[O-])c2C)cc1C. The Morgan fingerprint density at radius 2 is 1.87 bits per heavy atom. The molecule has 122 valence electrons. The van der Waals surface area contributed by atoms with Crippen LogP contribution in [0.1, 0.15) is 11.1 Å². The van der Waals surface area contributed by atoms with Gasteiger partial charge in [0.2, 0.25) is 0 Å². The van der Waals surface area contributed by atoms with Crippen LogP contribution in [0.3, 0.4) is 0 Å². The number of ether oxygens (including phenoxy) is 1. The Hall–Kier alpha value is -2.61. The van der Waals surface area contributed by atoms with Crippen LogP contribution in [-0.2, 0) is 10.0 Å². The van der Waals surface area contributed by atoms with Gasteiger partial charge in [0.1, 0.15) is 5.75 Å². The molecule has 7 nitrogen and oxygen atoms in total. The molecule has 0 heterocycles. The Morgan fingerprint density at radius 1 is 1.17 bits per heavy atom. The number of nitrogens with one attached hydrogen (secondary N) is 1. The van der Waals surface area contributed by atoms with Crippen LogP contribution in [-0.4, -0.2) is 20.5 Å². The summed E-state index contributed by atoms with van der Waals surface area (Å²) in [5.74, 6) is 0.579. The third-order valence-electron chi connectivity index (χ3n) is 3.42. The monoisotopic (exact) mass is 336 g/mol. The Bertz CT molecular complexity index is 862. The molecule has 23 heavy (non-hydrogen) atoms. The number of nitro groups is 1. The van der Waals surface area contributed by atoms with E-state index in [0.29, 0.717) is 11.3 Å². The molecule has 0 fully saturated rings. The van der Waals surface area contributed by atoms with Gasteiger partial charge in [0.25, 0.3) is 15.7 Å². The lowest BCUT2D eigenvalue weighted by Crippen LogP contribution is -2.14. The van der Waals surface area contributed by atoms with Gasteiger partial charge in [-0.25, -0.2) is 8.42 Å². The Morgan fingerprint density at radius 3 is 2.43 bits per heavy atom. The quantitative estimate of drug-likeness (QED) is 0.668. The summed E-state index contributed by atoms with van der Waals surface area (Å²) in [6, 6.07) is 8.70. The van der Waals surface area contributed by atoms with Crippen molar-refractivity contribution in [2.45, 2.75) is 18.7 Å². The number of benzene rings is 2. The lowest BCUT2D eigenvalue weighted by molar-refractivity contribution is -0.385. The number of nitro benzene ring substituents is 1. The number of hydrogen-bond acceptors (Lipinski definition) is 5. The molecular weight excluding hydrogens is 320 g/mol. The van der Waals surface area contributed by atoms with Gasteiger partial charge in [0.05, 0.1) is 28.2 Å². The summed E-state index contributed by atoms with van der Waals surface area (Å²) in [5, 5.41) is 10.9. The molecule has 0 spiro atoms. The molecule has 0 aliphatic heterocycles. The van der Waals surface area contributed by atoms with E-state index in [1.165, 1.54) is 44.4 Å². The summed E-state index contributed by atoms with van der Waals surface area (Å²) in [7, 11) is -2.35. The predicted molar refractivity (Wildman–Crippen MR) is 86.4 cm³/mol. The minimum Gasteiger partial charge on any atom is -0.496 e. The van der Waals surface area contributed by atoms with Crippen LogP contribution in [0.25, 0.3) is 0 Å². The molecular formula is C15H16N2O5S. The molecule has 1 N–H and O–H groups in total. The van der Waals surface area contributed by atoms with Crippen LogP contribution in [0.15, 0.2) is 41.3 Å². The topological polar surface area (TPSA) is 98.5 Å². The predicted octanol–water partition coefficient (Wildman–Crippen LogP) is 3.02. The van der Waals surface area contributed by atoms with Gasteiger partial charge in [-0.05, 0) is 43.7 Å². The van der Waals surface area contributed by atoms with E-state index >= 15 is 0 Å². The minimum absolute atomic E-state index is 0.0571. The zero-order valence-electron chi connectivity index (χ0n) is 12.9. The maximum absolute atomic E-state index is 12.5. The van der Waals surface area contributed by atoms with Gasteiger partial charge < -0.3 is 4.74 Å². The van der Waals surface area contributed by atoms with Crippen LogP contribution in [0, 0.1) is 24.0 Å². The van der Waals surface area contributed by atoms with Crippen LogP contribution >= 0.6 is 0 Å². The molecule has 0 unspecified atom stereocenters. The Labute approximate surface area is 134 Å². The first kappa shape index (κ1) is 16.8. The molecule has 0 aliphatic rings. The van der Waals surface area contributed by atoms with Crippen LogP contribution in [0.4, 0.5) is 11.4 Å². The van der Waals surface area contributed by atoms with Gasteiger partial charge in [-0.1, -0.05) is 6.07 Å².